The van der Waals surface area contributed by atoms with Crippen molar-refractivity contribution in [1.29, 1.82) is 0 Å². The van der Waals surface area contributed by atoms with E-state index in [4.69, 9.17) is 14.6 Å². The molecule has 1 atom stereocenters. The number of sulfonamides is 1. The van der Waals surface area contributed by atoms with Gasteiger partial charge < -0.3 is 9.47 Å². The van der Waals surface area contributed by atoms with Crippen LogP contribution in [-0.4, -0.2) is 63.0 Å². The first-order chi connectivity index (χ1) is 14.2. The minimum Gasteiger partial charge on any atom is -0.483 e. The van der Waals surface area contributed by atoms with E-state index >= 15 is 0 Å². The maximum atomic E-state index is 12.6. The lowest BCUT2D eigenvalue weighted by Crippen LogP contribution is -2.51. The van der Waals surface area contributed by atoms with Gasteiger partial charge in [-0.2, -0.15) is 0 Å². The zero-order valence-electron chi connectivity index (χ0n) is 17.0. The number of rotatable bonds is 5. The molecule has 2 aliphatic heterocycles. The van der Waals surface area contributed by atoms with Crippen LogP contribution in [0.5, 0.6) is 11.5 Å². The predicted molar refractivity (Wildman–Crippen MR) is 107 cm³/mol. The van der Waals surface area contributed by atoms with Crippen LogP contribution in [0.3, 0.4) is 0 Å². The second-order valence-electron chi connectivity index (χ2n) is 8.49. The predicted octanol–water partition coefficient (Wildman–Crippen LogP) is 1.07. The van der Waals surface area contributed by atoms with Gasteiger partial charge in [0.1, 0.15) is 11.5 Å². The quantitative estimate of drug-likeness (QED) is 0.684. The van der Waals surface area contributed by atoms with Gasteiger partial charge in [0, 0.05) is 25.9 Å². The number of benzene rings is 1. The molecule has 30 heavy (non-hydrogen) atoms. The molecule has 164 valence electrons. The zero-order valence-corrected chi connectivity index (χ0v) is 17.8. The van der Waals surface area contributed by atoms with E-state index in [2.05, 4.69) is 0 Å². The lowest BCUT2D eigenvalue weighted by Gasteiger charge is -2.38. The fraction of sp³-hybridized carbons (Fsp3) is 0.600. The van der Waals surface area contributed by atoms with Crippen molar-refractivity contribution < 1.29 is 27.5 Å². The van der Waals surface area contributed by atoms with Crippen LogP contribution in [0.4, 0.5) is 0 Å². The molecule has 1 aliphatic carbocycles. The minimum absolute atomic E-state index is 0.0921. The molecule has 0 bridgehead atoms. The average molecular weight is 438 g/mol. The Labute approximate surface area is 176 Å². The average Bonchev–Trinajstić information content (AvgIpc) is 3.12. The van der Waals surface area contributed by atoms with Crippen LogP contribution < -0.4 is 14.6 Å². The molecule has 1 aromatic rings. The maximum Gasteiger partial charge on any atom is 0.241 e. The van der Waals surface area contributed by atoms with Crippen molar-refractivity contribution in [2.45, 2.75) is 49.6 Å². The number of carbonyl (C=O) groups excluding carboxylic acids is 2. The van der Waals surface area contributed by atoms with Gasteiger partial charge in [0.15, 0.2) is 17.7 Å². The molecule has 1 aromatic carbocycles. The van der Waals surface area contributed by atoms with E-state index < -0.39 is 16.3 Å². The van der Waals surface area contributed by atoms with E-state index in [1.54, 1.807) is 13.1 Å². The highest BCUT2D eigenvalue weighted by Gasteiger charge is 2.45. The first-order valence-corrected chi connectivity index (χ1v) is 11.7. The maximum absolute atomic E-state index is 12.6. The molecule has 2 fully saturated rings. The summed E-state index contributed by atoms with van der Waals surface area (Å²) in [5.74, 6) is 0.210. The molecule has 2 heterocycles. The standard InChI is InChI=1S/C20H27N3O6S/c1-22(9-10-23-16(24)11-20(12-17(23)25)7-2-3-8-20)18-13-28-19-14(29-18)5-4-6-15(19)30(21,26)27/h4-6,18H,2-3,7-13H2,1H3,(H2,21,26,27). The smallest absolute Gasteiger partial charge is 0.241 e. The third-order valence-electron chi connectivity index (χ3n) is 6.37. The summed E-state index contributed by atoms with van der Waals surface area (Å²) in [6.07, 6.45) is 4.54. The van der Waals surface area contributed by atoms with E-state index in [1.807, 2.05) is 4.90 Å². The van der Waals surface area contributed by atoms with Crippen molar-refractivity contribution in [2.24, 2.45) is 10.6 Å². The van der Waals surface area contributed by atoms with Crippen molar-refractivity contribution in [2.75, 3.05) is 26.7 Å². The Bertz CT molecular complexity index is 937. The van der Waals surface area contributed by atoms with Gasteiger partial charge in [-0.15, -0.1) is 0 Å². The molecule has 4 rings (SSSR count). The summed E-state index contributed by atoms with van der Waals surface area (Å²) in [4.78, 5) is 28.3. The number of primary sulfonamides is 1. The topological polar surface area (TPSA) is 119 Å². The fourth-order valence-corrected chi connectivity index (χ4v) is 5.36. The van der Waals surface area contributed by atoms with Crippen molar-refractivity contribution in [3.05, 3.63) is 18.2 Å². The lowest BCUT2D eigenvalue weighted by molar-refractivity contribution is -0.154. The van der Waals surface area contributed by atoms with E-state index in [0.29, 0.717) is 19.4 Å². The Hall–Kier alpha value is -2.17. The second kappa shape index (κ2) is 7.82. The van der Waals surface area contributed by atoms with Gasteiger partial charge in [-0.3, -0.25) is 19.4 Å². The summed E-state index contributed by atoms with van der Waals surface area (Å²) in [6, 6.07) is 4.52. The molecule has 3 aliphatic rings. The highest BCUT2D eigenvalue weighted by atomic mass is 32.2. The highest BCUT2D eigenvalue weighted by molar-refractivity contribution is 7.89. The van der Waals surface area contributed by atoms with Crippen molar-refractivity contribution in [3.63, 3.8) is 0 Å². The monoisotopic (exact) mass is 437 g/mol. The largest absolute Gasteiger partial charge is 0.483 e. The summed E-state index contributed by atoms with van der Waals surface area (Å²) >= 11 is 0. The number of nitrogens with two attached hydrogens (primary N) is 1. The summed E-state index contributed by atoms with van der Waals surface area (Å²) in [6.45, 7) is 0.804. The highest BCUT2D eigenvalue weighted by Crippen LogP contribution is 2.46. The Kier molecular flexibility index (Phi) is 5.50. The number of amides is 2. The van der Waals surface area contributed by atoms with Crippen LogP contribution in [0.2, 0.25) is 0 Å². The van der Waals surface area contributed by atoms with Gasteiger partial charge in [-0.05, 0) is 37.4 Å². The number of piperidine rings is 1. The zero-order chi connectivity index (χ0) is 21.5. The van der Waals surface area contributed by atoms with Gasteiger partial charge >= 0.3 is 0 Å². The molecular weight excluding hydrogens is 410 g/mol. The SMILES string of the molecule is CN(CCN1C(=O)CC2(CCCC2)CC1=O)C1COc2c(cccc2S(N)(=O)=O)O1. The van der Waals surface area contributed by atoms with Crippen LogP contribution in [0.15, 0.2) is 23.1 Å². The van der Waals surface area contributed by atoms with Crippen molar-refractivity contribution >= 4 is 21.8 Å². The van der Waals surface area contributed by atoms with Crippen molar-refractivity contribution in [1.82, 2.24) is 9.80 Å². The molecule has 1 spiro atoms. The third kappa shape index (κ3) is 4.03. The number of nitrogens with zero attached hydrogens (tertiary/aromatic N) is 2. The first-order valence-electron chi connectivity index (χ1n) is 10.2. The van der Waals surface area contributed by atoms with Crippen LogP contribution in [-0.2, 0) is 19.6 Å². The summed E-state index contributed by atoms with van der Waals surface area (Å²) in [5, 5.41) is 5.23. The number of likely N-dealkylation sites (N-methyl/N-ethyl adjacent to an activating group) is 1. The summed E-state index contributed by atoms with van der Waals surface area (Å²) in [5.41, 5.74) is -0.109. The molecule has 10 heteroatoms. The van der Waals surface area contributed by atoms with Crippen LogP contribution in [0.25, 0.3) is 0 Å². The number of carbonyl (C=O) groups is 2. The van der Waals surface area contributed by atoms with Gasteiger partial charge in [0.25, 0.3) is 0 Å². The first kappa shape index (κ1) is 21.1. The molecule has 1 unspecified atom stereocenters. The van der Waals surface area contributed by atoms with Crippen LogP contribution >= 0.6 is 0 Å². The second-order valence-corrected chi connectivity index (χ2v) is 10.0. The minimum atomic E-state index is -3.93. The van der Waals surface area contributed by atoms with E-state index in [9.17, 15) is 18.0 Å². The molecule has 1 saturated heterocycles. The molecule has 1 saturated carbocycles. The fourth-order valence-electron chi connectivity index (χ4n) is 4.67. The van der Waals surface area contributed by atoms with Gasteiger partial charge in [-0.1, -0.05) is 18.9 Å². The Morgan fingerprint density at radius 2 is 1.87 bits per heavy atom. The number of imide groups is 1. The summed E-state index contributed by atoms with van der Waals surface area (Å²) < 4.78 is 35.0. The number of likely N-dealkylation sites (tertiary alicyclic amines) is 1. The summed E-state index contributed by atoms with van der Waals surface area (Å²) in [7, 11) is -2.12. The van der Waals surface area contributed by atoms with E-state index in [-0.39, 0.29) is 46.8 Å². The molecule has 2 N–H and O–H groups in total. The Balaban J connectivity index is 1.37. The number of ether oxygens (including phenoxy) is 2. The Morgan fingerprint density at radius 1 is 1.20 bits per heavy atom. The van der Waals surface area contributed by atoms with Crippen LogP contribution in [0.1, 0.15) is 38.5 Å². The number of fused-ring (bicyclic) bond motifs is 1. The van der Waals surface area contributed by atoms with E-state index in [1.165, 1.54) is 17.0 Å². The van der Waals surface area contributed by atoms with Crippen LogP contribution in [0, 0.1) is 5.41 Å². The van der Waals surface area contributed by atoms with Crippen molar-refractivity contribution in [3.8, 4) is 11.5 Å². The van der Waals surface area contributed by atoms with Gasteiger partial charge in [0.2, 0.25) is 21.8 Å². The lowest BCUT2D eigenvalue weighted by atomic mass is 9.76. The van der Waals surface area contributed by atoms with Gasteiger partial charge in [0.05, 0.1) is 0 Å². The normalized spacial score (nSPS) is 23.4. The number of hydrogen-bond donors (Lipinski definition) is 1. The molecule has 0 aromatic heterocycles. The van der Waals surface area contributed by atoms with E-state index in [0.717, 1.165) is 25.7 Å². The molecule has 2 amide bonds. The van der Waals surface area contributed by atoms with Gasteiger partial charge in [-0.25, -0.2) is 13.6 Å². The number of para-hydroxylation sites is 1. The number of hydrogen-bond acceptors (Lipinski definition) is 7. The molecular formula is C20H27N3O6S. The molecule has 0 radical (unpaired) electrons. The Morgan fingerprint density at radius 3 is 2.50 bits per heavy atom. The molecule has 9 nitrogen and oxygen atoms in total. The third-order valence-corrected chi connectivity index (χ3v) is 7.30.